The van der Waals surface area contributed by atoms with E-state index in [2.05, 4.69) is 6.07 Å². The predicted octanol–water partition coefficient (Wildman–Crippen LogP) is 1.91. The molecule has 0 spiro atoms. The van der Waals surface area contributed by atoms with Crippen molar-refractivity contribution in [2.75, 3.05) is 33.5 Å². The lowest BCUT2D eigenvalue weighted by Gasteiger charge is -2.09. The number of nitrogens with zero attached hydrogens (tertiary/aromatic N) is 1. The molecule has 17 heavy (non-hydrogen) atoms. The van der Waals surface area contributed by atoms with Crippen LogP contribution in [0.15, 0.2) is 18.2 Å². The zero-order chi connectivity index (χ0) is 12.5. The first kappa shape index (κ1) is 13.5. The molecule has 0 N–H and O–H groups in total. The molecule has 0 radical (unpaired) electrons. The highest BCUT2D eigenvalue weighted by molar-refractivity contribution is 5.44. The van der Waals surface area contributed by atoms with Gasteiger partial charge in [0.1, 0.15) is 18.4 Å². The maximum atomic E-state index is 8.90. The molecule has 0 heterocycles. The van der Waals surface area contributed by atoms with E-state index in [9.17, 15) is 0 Å². The molecule has 0 amide bonds. The van der Waals surface area contributed by atoms with Crippen molar-refractivity contribution in [2.24, 2.45) is 0 Å². The van der Waals surface area contributed by atoms with E-state index in [1.54, 1.807) is 13.2 Å². The third-order valence-electron chi connectivity index (χ3n) is 2.17. The minimum atomic E-state index is 0.432. The maximum absolute atomic E-state index is 8.90. The van der Waals surface area contributed by atoms with E-state index in [1.807, 2.05) is 19.1 Å². The van der Waals surface area contributed by atoms with E-state index in [4.69, 9.17) is 19.5 Å². The summed E-state index contributed by atoms with van der Waals surface area (Å²) >= 11 is 0. The predicted molar refractivity (Wildman–Crippen MR) is 64.1 cm³/mol. The Hall–Kier alpha value is -1.57. The molecule has 92 valence electrons. The standard InChI is InChI=1S/C13H17NO3/c1-11-3-4-12(10-14)13(9-11)17-8-7-16-6-5-15-2/h3-4,9H,5-8H2,1-2H3. The molecule has 0 saturated carbocycles. The monoisotopic (exact) mass is 235 g/mol. The molecule has 4 nitrogen and oxygen atoms in total. The van der Waals surface area contributed by atoms with E-state index < -0.39 is 0 Å². The van der Waals surface area contributed by atoms with Crippen molar-refractivity contribution in [3.8, 4) is 11.8 Å². The molecular weight excluding hydrogens is 218 g/mol. The Morgan fingerprint density at radius 3 is 2.65 bits per heavy atom. The zero-order valence-electron chi connectivity index (χ0n) is 10.2. The average molecular weight is 235 g/mol. The van der Waals surface area contributed by atoms with Crippen molar-refractivity contribution < 1.29 is 14.2 Å². The first-order valence-electron chi connectivity index (χ1n) is 5.48. The number of rotatable bonds is 7. The summed E-state index contributed by atoms with van der Waals surface area (Å²) in [6.07, 6.45) is 0. The van der Waals surface area contributed by atoms with Gasteiger partial charge in [-0.1, -0.05) is 6.07 Å². The van der Waals surface area contributed by atoms with Crippen LogP contribution in [0.2, 0.25) is 0 Å². The van der Waals surface area contributed by atoms with Gasteiger partial charge >= 0.3 is 0 Å². The first-order chi connectivity index (χ1) is 8.27. The van der Waals surface area contributed by atoms with Crippen LogP contribution in [0.5, 0.6) is 5.75 Å². The van der Waals surface area contributed by atoms with Gasteiger partial charge in [0.15, 0.2) is 0 Å². The molecule has 0 aliphatic rings. The Morgan fingerprint density at radius 2 is 1.94 bits per heavy atom. The fourth-order valence-electron chi connectivity index (χ4n) is 1.30. The van der Waals surface area contributed by atoms with E-state index in [0.717, 1.165) is 5.56 Å². The van der Waals surface area contributed by atoms with Crippen LogP contribution in [0.25, 0.3) is 0 Å². The van der Waals surface area contributed by atoms with Gasteiger partial charge in [0.2, 0.25) is 0 Å². The Labute approximate surface area is 102 Å². The quantitative estimate of drug-likeness (QED) is 0.677. The molecule has 1 aromatic rings. The van der Waals surface area contributed by atoms with Crippen LogP contribution in [0, 0.1) is 18.3 Å². The molecule has 0 aliphatic heterocycles. The van der Waals surface area contributed by atoms with Gasteiger partial charge < -0.3 is 14.2 Å². The minimum absolute atomic E-state index is 0.432. The molecule has 0 aromatic heterocycles. The second-order valence-electron chi connectivity index (χ2n) is 3.57. The molecule has 1 rings (SSSR count). The minimum Gasteiger partial charge on any atom is -0.490 e. The second-order valence-corrected chi connectivity index (χ2v) is 3.57. The molecule has 0 fully saturated rings. The van der Waals surface area contributed by atoms with Crippen LogP contribution in [0.4, 0.5) is 0 Å². The lowest BCUT2D eigenvalue weighted by atomic mass is 10.1. The number of hydrogen-bond donors (Lipinski definition) is 0. The lowest BCUT2D eigenvalue weighted by Crippen LogP contribution is -2.10. The van der Waals surface area contributed by atoms with Crippen molar-refractivity contribution >= 4 is 0 Å². The third kappa shape index (κ3) is 4.85. The Bertz CT molecular complexity index is 385. The Morgan fingerprint density at radius 1 is 1.18 bits per heavy atom. The maximum Gasteiger partial charge on any atom is 0.137 e. The number of benzene rings is 1. The fraction of sp³-hybridized carbons (Fsp3) is 0.462. The van der Waals surface area contributed by atoms with Crippen molar-refractivity contribution in [3.05, 3.63) is 29.3 Å². The van der Waals surface area contributed by atoms with Gasteiger partial charge in [0.05, 0.1) is 25.4 Å². The summed E-state index contributed by atoms with van der Waals surface area (Å²) in [6, 6.07) is 7.60. The number of nitriles is 1. The van der Waals surface area contributed by atoms with Crippen molar-refractivity contribution in [1.82, 2.24) is 0 Å². The van der Waals surface area contributed by atoms with E-state index in [0.29, 0.717) is 37.7 Å². The van der Waals surface area contributed by atoms with E-state index in [-0.39, 0.29) is 0 Å². The first-order valence-corrected chi connectivity index (χ1v) is 5.48. The van der Waals surface area contributed by atoms with E-state index in [1.165, 1.54) is 0 Å². The van der Waals surface area contributed by atoms with Crippen LogP contribution in [-0.2, 0) is 9.47 Å². The highest BCUT2D eigenvalue weighted by atomic mass is 16.5. The Kier molecular flexibility index (Phi) is 6.08. The number of hydrogen-bond acceptors (Lipinski definition) is 4. The van der Waals surface area contributed by atoms with Crippen LogP contribution in [-0.4, -0.2) is 33.5 Å². The molecule has 1 aromatic carbocycles. The van der Waals surface area contributed by atoms with Gasteiger partial charge in [0, 0.05) is 7.11 Å². The summed E-state index contributed by atoms with van der Waals surface area (Å²) in [5.41, 5.74) is 1.62. The summed E-state index contributed by atoms with van der Waals surface area (Å²) in [7, 11) is 1.63. The highest BCUT2D eigenvalue weighted by Gasteiger charge is 2.02. The highest BCUT2D eigenvalue weighted by Crippen LogP contribution is 2.19. The van der Waals surface area contributed by atoms with Crippen molar-refractivity contribution in [3.63, 3.8) is 0 Å². The molecule has 0 saturated heterocycles. The summed E-state index contributed by atoms with van der Waals surface area (Å²) < 4.78 is 15.6. The normalized spacial score (nSPS) is 9.94. The van der Waals surface area contributed by atoms with Crippen LogP contribution in [0.1, 0.15) is 11.1 Å². The summed E-state index contributed by atoms with van der Waals surface area (Å²) in [6.45, 7) is 4.01. The molecule has 0 aliphatic carbocycles. The summed E-state index contributed by atoms with van der Waals surface area (Å²) in [5.74, 6) is 0.614. The van der Waals surface area contributed by atoms with Gasteiger partial charge in [0.25, 0.3) is 0 Å². The molecule has 0 unspecified atom stereocenters. The Balaban J connectivity index is 2.36. The average Bonchev–Trinajstić information content (AvgIpc) is 2.34. The smallest absolute Gasteiger partial charge is 0.137 e. The van der Waals surface area contributed by atoms with Crippen LogP contribution >= 0.6 is 0 Å². The second kappa shape index (κ2) is 7.66. The van der Waals surface area contributed by atoms with Crippen molar-refractivity contribution in [1.29, 1.82) is 5.26 Å². The van der Waals surface area contributed by atoms with Crippen LogP contribution < -0.4 is 4.74 Å². The largest absolute Gasteiger partial charge is 0.490 e. The molecule has 4 heteroatoms. The van der Waals surface area contributed by atoms with Gasteiger partial charge in [-0.3, -0.25) is 0 Å². The van der Waals surface area contributed by atoms with Crippen molar-refractivity contribution in [2.45, 2.75) is 6.92 Å². The summed E-state index contributed by atoms with van der Waals surface area (Å²) in [5, 5.41) is 8.90. The fourth-order valence-corrected chi connectivity index (χ4v) is 1.30. The number of ether oxygens (including phenoxy) is 3. The van der Waals surface area contributed by atoms with Crippen LogP contribution in [0.3, 0.4) is 0 Å². The zero-order valence-corrected chi connectivity index (χ0v) is 10.2. The number of methoxy groups -OCH3 is 1. The lowest BCUT2D eigenvalue weighted by molar-refractivity contribution is 0.0544. The summed E-state index contributed by atoms with van der Waals surface area (Å²) in [4.78, 5) is 0. The third-order valence-corrected chi connectivity index (χ3v) is 2.17. The van der Waals surface area contributed by atoms with Gasteiger partial charge in [-0.05, 0) is 24.6 Å². The molecule has 0 bridgehead atoms. The number of aryl methyl sites for hydroxylation is 1. The molecule has 0 atom stereocenters. The van der Waals surface area contributed by atoms with E-state index >= 15 is 0 Å². The van der Waals surface area contributed by atoms with Gasteiger partial charge in [-0.15, -0.1) is 0 Å². The SMILES string of the molecule is COCCOCCOc1cc(C)ccc1C#N. The topological polar surface area (TPSA) is 51.5 Å². The van der Waals surface area contributed by atoms with Gasteiger partial charge in [-0.2, -0.15) is 5.26 Å². The molecular formula is C13H17NO3. The van der Waals surface area contributed by atoms with Gasteiger partial charge in [-0.25, -0.2) is 0 Å².